The van der Waals surface area contributed by atoms with E-state index in [9.17, 15) is 4.79 Å². The van der Waals surface area contributed by atoms with Gasteiger partial charge in [-0.15, -0.1) is 0 Å². The maximum absolute atomic E-state index is 12.4. The van der Waals surface area contributed by atoms with Crippen LogP contribution >= 0.6 is 0 Å². The lowest BCUT2D eigenvalue weighted by molar-refractivity contribution is -0.122. The molecule has 1 atom stereocenters. The molecule has 2 aromatic carbocycles. The molecule has 2 aromatic rings. The lowest BCUT2D eigenvalue weighted by Gasteiger charge is -2.17. The average molecular weight is 345 g/mol. The van der Waals surface area contributed by atoms with Crippen LogP contribution in [0.2, 0.25) is 0 Å². The van der Waals surface area contributed by atoms with E-state index in [1.165, 1.54) is 7.11 Å². The van der Waals surface area contributed by atoms with Crippen LogP contribution in [0.5, 0.6) is 23.0 Å². The molecule has 0 bridgehead atoms. The fraction of sp³-hybridized carbons (Fsp3) is 0.316. The number of ether oxygens (including phenoxy) is 4. The first kappa shape index (κ1) is 18.4. The van der Waals surface area contributed by atoms with Crippen molar-refractivity contribution in [1.29, 1.82) is 0 Å². The molecular formula is C19H23NO5. The zero-order valence-electron chi connectivity index (χ0n) is 14.9. The number of nitrogens with one attached hydrogen (secondary N) is 1. The molecule has 1 unspecified atom stereocenters. The molecule has 1 N–H and O–H groups in total. The summed E-state index contributed by atoms with van der Waals surface area (Å²) >= 11 is 0. The molecular weight excluding hydrogens is 322 g/mol. The molecule has 0 radical (unpaired) electrons. The zero-order chi connectivity index (χ0) is 18.2. The van der Waals surface area contributed by atoms with E-state index in [4.69, 9.17) is 18.9 Å². The monoisotopic (exact) mass is 345 g/mol. The highest BCUT2D eigenvalue weighted by atomic mass is 16.5. The number of carbonyl (C=O) groups is 1. The Bertz CT molecular complexity index is 699. The Morgan fingerprint density at radius 2 is 1.64 bits per heavy atom. The number of hydrogen-bond donors (Lipinski definition) is 1. The number of methoxy groups -OCH3 is 2. The average Bonchev–Trinajstić information content (AvgIpc) is 2.63. The first-order valence-corrected chi connectivity index (χ1v) is 7.99. The summed E-state index contributed by atoms with van der Waals surface area (Å²) < 4.78 is 21.5. The van der Waals surface area contributed by atoms with Crippen LogP contribution in [0.25, 0.3) is 0 Å². The third kappa shape index (κ3) is 5.04. The van der Waals surface area contributed by atoms with E-state index < -0.39 is 6.10 Å². The van der Waals surface area contributed by atoms with Crippen molar-refractivity contribution >= 4 is 11.6 Å². The Morgan fingerprint density at radius 3 is 2.24 bits per heavy atom. The molecule has 0 aromatic heterocycles. The molecule has 0 fully saturated rings. The van der Waals surface area contributed by atoms with Crippen LogP contribution in [0.4, 0.5) is 5.69 Å². The lowest BCUT2D eigenvalue weighted by atomic mass is 10.2. The lowest BCUT2D eigenvalue weighted by Crippen LogP contribution is -2.30. The van der Waals surface area contributed by atoms with Crippen molar-refractivity contribution in [2.75, 3.05) is 26.1 Å². The summed E-state index contributed by atoms with van der Waals surface area (Å²) in [5.41, 5.74) is 0.522. The molecule has 6 heteroatoms. The highest BCUT2D eigenvalue weighted by Gasteiger charge is 2.17. The number of carbonyl (C=O) groups excluding carboxylic acids is 1. The fourth-order valence-corrected chi connectivity index (χ4v) is 2.18. The van der Waals surface area contributed by atoms with E-state index >= 15 is 0 Å². The fourth-order valence-electron chi connectivity index (χ4n) is 2.18. The Labute approximate surface area is 147 Å². The number of rotatable bonds is 8. The van der Waals surface area contributed by atoms with Crippen LogP contribution < -0.4 is 24.3 Å². The Kier molecular flexibility index (Phi) is 6.51. The predicted octanol–water partition coefficient (Wildman–Crippen LogP) is 3.51. The molecule has 0 aliphatic rings. The van der Waals surface area contributed by atoms with E-state index in [1.54, 1.807) is 56.5 Å². The number of benzene rings is 2. The molecule has 25 heavy (non-hydrogen) atoms. The third-order valence-electron chi connectivity index (χ3n) is 3.48. The smallest absolute Gasteiger partial charge is 0.265 e. The normalized spacial score (nSPS) is 11.4. The highest BCUT2D eigenvalue weighted by Crippen LogP contribution is 2.29. The van der Waals surface area contributed by atoms with E-state index in [0.29, 0.717) is 29.5 Å². The third-order valence-corrected chi connectivity index (χ3v) is 3.48. The van der Waals surface area contributed by atoms with E-state index in [2.05, 4.69) is 5.32 Å². The van der Waals surface area contributed by atoms with E-state index in [1.807, 2.05) is 6.92 Å². The van der Waals surface area contributed by atoms with Crippen LogP contribution in [-0.2, 0) is 4.79 Å². The standard InChI is InChI=1S/C19H23NO5/c1-5-24-14-6-8-15(9-7-14)25-13(2)19(21)20-17-12-16(22-3)10-11-18(17)23-4/h6-13H,5H2,1-4H3,(H,20,21). The van der Waals surface area contributed by atoms with Gasteiger partial charge in [-0.3, -0.25) is 4.79 Å². The van der Waals surface area contributed by atoms with Gasteiger partial charge in [0.15, 0.2) is 6.10 Å². The van der Waals surface area contributed by atoms with Gasteiger partial charge in [-0.25, -0.2) is 0 Å². The molecule has 0 saturated carbocycles. The second-order valence-electron chi connectivity index (χ2n) is 5.22. The summed E-state index contributed by atoms with van der Waals surface area (Å²) in [6, 6.07) is 12.3. The van der Waals surface area contributed by atoms with Gasteiger partial charge in [0, 0.05) is 6.07 Å². The minimum Gasteiger partial charge on any atom is -0.497 e. The minimum absolute atomic E-state index is 0.291. The number of amides is 1. The van der Waals surface area contributed by atoms with Gasteiger partial charge < -0.3 is 24.3 Å². The van der Waals surface area contributed by atoms with Gasteiger partial charge in [0.1, 0.15) is 23.0 Å². The van der Waals surface area contributed by atoms with Gasteiger partial charge in [-0.1, -0.05) is 0 Å². The van der Waals surface area contributed by atoms with Crippen LogP contribution in [0.15, 0.2) is 42.5 Å². The molecule has 6 nitrogen and oxygen atoms in total. The van der Waals surface area contributed by atoms with Gasteiger partial charge >= 0.3 is 0 Å². The van der Waals surface area contributed by atoms with Crippen LogP contribution in [-0.4, -0.2) is 32.8 Å². The number of hydrogen-bond acceptors (Lipinski definition) is 5. The Morgan fingerprint density at radius 1 is 1.00 bits per heavy atom. The SMILES string of the molecule is CCOc1ccc(OC(C)C(=O)Nc2cc(OC)ccc2OC)cc1. The zero-order valence-corrected chi connectivity index (χ0v) is 14.9. The Balaban J connectivity index is 2.02. The predicted molar refractivity (Wildman–Crippen MR) is 95.9 cm³/mol. The molecule has 0 heterocycles. The maximum Gasteiger partial charge on any atom is 0.265 e. The summed E-state index contributed by atoms with van der Waals surface area (Å²) in [6.07, 6.45) is -0.686. The second kappa shape index (κ2) is 8.82. The van der Waals surface area contributed by atoms with Crippen molar-refractivity contribution in [1.82, 2.24) is 0 Å². The first-order chi connectivity index (χ1) is 12.1. The van der Waals surface area contributed by atoms with Gasteiger partial charge in [0.25, 0.3) is 5.91 Å². The molecule has 1 amide bonds. The van der Waals surface area contributed by atoms with Gasteiger partial charge in [0.2, 0.25) is 0 Å². The van der Waals surface area contributed by atoms with Crippen molar-refractivity contribution in [2.45, 2.75) is 20.0 Å². The van der Waals surface area contributed by atoms with Crippen molar-refractivity contribution in [3.8, 4) is 23.0 Å². The highest BCUT2D eigenvalue weighted by molar-refractivity contribution is 5.95. The summed E-state index contributed by atoms with van der Waals surface area (Å²) in [7, 11) is 3.10. The van der Waals surface area contributed by atoms with Crippen LogP contribution in [0.1, 0.15) is 13.8 Å². The molecule has 2 rings (SSSR count). The molecule has 0 saturated heterocycles. The first-order valence-electron chi connectivity index (χ1n) is 7.99. The molecule has 0 aliphatic heterocycles. The maximum atomic E-state index is 12.4. The van der Waals surface area contributed by atoms with Crippen LogP contribution in [0, 0.1) is 0 Å². The summed E-state index contributed by atoms with van der Waals surface area (Å²) in [5, 5.41) is 2.79. The molecule has 0 spiro atoms. The summed E-state index contributed by atoms with van der Waals surface area (Å²) in [4.78, 5) is 12.4. The topological polar surface area (TPSA) is 66.0 Å². The molecule has 134 valence electrons. The van der Waals surface area contributed by atoms with Crippen molar-refractivity contribution < 1.29 is 23.7 Å². The summed E-state index contributed by atoms with van der Waals surface area (Å²) in [5.74, 6) is 2.22. The van der Waals surface area contributed by atoms with E-state index in [-0.39, 0.29) is 5.91 Å². The van der Waals surface area contributed by atoms with Gasteiger partial charge in [0.05, 0.1) is 26.5 Å². The van der Waals surface area contributed by atoms with Crippen molar-refractivity contribution in [3.63, 3.8) is 0 Å². The second-order valence-corrected chi connectivity index (χ2v) is 5.22. The molecule has 0 aliphatic carbocycles. The summed E-state index contributed by atoms with van der Waals surface area (Å²) in [6.45, 7) is 4.20. The van der Waals surface area contributed by atoms with Gasteiger partial charge in [-0.05, 0) is 50.2 Å². The van der Waals surface area contributed by atoms with Crippen molar-refractivity contribution in [2.24, 2.45) is 0 Å². The van der Waals surface area contributed by atoms with Gasteiger partial charge in [-0.2, -0.15) is 0 Å². The minimum atomic E-state index is -0.686. The Hall–Kier alpha value is -2.89. The quantitative estimate of drug-likeness (QED) is 0.793. The van der Waals surface area contributed by atoms with E-state index in [0.717, 1.165) is 5.75 Å². The number of anilines is 1. The van der Waals surface area contributed by atoms with Crippen molar-refractivity contribution in [3.05, 3.63) is 42.5 Å². The van der Waals surface area contributed by atoms with Crippen LogP contribution in [0.3, 0.4) is 0 Å². The largest absolute Gasteiger partial charge is 0.497 e.